The average molecular weight is 417 g/mol. The number of aromatic nitrogens is 2. The molecule has 8 heteroatoms. The van der Waals surface area contributed by atoms with Crippen LogP contribution in [0.15, 0.2) is 71.8 Å². The SMILES string of the molecule is COc1cc(OC)c2c(=O)cc(C(=O)Nc3ccc(Oc4cccnc4)cc3)[nH]c2c1. The molecule has 0 bridgehead atoms. The van der Waals surface area contributed by atoms with Crippen LogP contribution >= 0.6 is 0 Å². The number of benzene rings is 2. The fourth-order valence-electron chi connectivity index (χ4n) is 3.08. The van der Waals surface area contributed by atoms with Gasteiger partial charge in [0.15, 0.2) is 5.43 Å². The van der Waals surface area contributed by atoms with Gasteiger partial charge >= 0.3 is 0 Å². The Morgan fingerprint density at radius 1 is 0.968 bits per heavy atom. The van der Waals surface area contributed by atoms with Gasteiger partial charge in [-0.1, -0.05) is 0 Å². The molecule has 0 saturated carbocycles. The summed E-state index contributed by atoms with van der Waals surface area (Å²) in [7, 11) is 2.98. The van der Waals surface area contributed by atoms with Crippen molar-refractivity contribution in [3.8, 4) is 23.0 Å². The zero-order valence-corrected chi connectivity index (χ0v) is 16.8. The monoisotopic (exact) mass is 417 g/mol. The van der Waals surface area contributed by atoms with Crippen LogP contribution in [0.5, 0.6) is 23.0 Å². The van der Waals surface area contributed by atoms with Gasteiger partial charge in [-0.2, -0.15) is 0 Å². The van der Waals surface area contributed by atoms with Crippen LogP contribution in [0.1, 0.15) is 10.5 Å². The zero-order chi connectivity index (χ0) is 21.8. The van der Waals surface area contributed by atoms with Gasteiger partial charge in [0.1, 0.15) is 28.7 Å². The summed E-state index contributed by atoms with van der Waals surface area (Å²) >= 11 is 0. The first kappa shape index (κ1) is 20.0. The van der Waals surface area contributed by atoms with Crippen LogP contribution in [0, 0.1) is 0 Å². The van der Waals surface area contributed by atoms with E-state index in [0.29, 0.717) is 39.6 Å². The molecule has 0 aliphatic carbocycles. The number of ether oxygens (including phenoxy) is 3. The Morgan fingerprint density at radius 2 is 1.77 bits per heavy atom. The molecule has 0 aliphatic rings. The highest BCUT2D eigenvalue weighted by molar-refractivity contribution is 6.04. The molecule has 0 spiro atoms. The van der Waals surface area contributed by atoms with Gasteiger partial charge < -0.3 is 24.5 Å². The summed E-state index contributed by atoms with van der Waals surface area (Å²) in [6.07, 6.45) is 3.27. The van der Waals surface area contributed by atoms with Gasteiger partial charge in [-0.15, -0.1) is 0 Å². The molecule has 0 fully saturated rings. The summed E-state index contributed by atoms with van der Waals surface area (Å²) in [5.41, 5.74) is 0.767. The topological polar surface area (TPSA) is 103 Å². The Kier molecular flexibility index (Phi) is 5.53. The number of carbonyl (C=O) groups excluding carboxylic acids is 1. The Hall–Kier alpha value is -4.33. The number of hydrogen-bond acceptors (Lipinski definition) is 6. The maximum absolute atomic E-state index is 12.7. The van der Waals surface area contributed by atoms with Crippen molar-refractivity contribution in [2.45, 2.75) is 0 Å². The third-order valence-corrected chi connectivity index (χ3v) is 4.55. The van der Waals surface area contributed by atoms with Crippen LogP contribution in [0.25, 0.3) is 10.9 Å². The molecule has 0 radical (unpaired) electrons. The molecule has 0 atom stereocenters. The number of H-pyrrole nitrogens is 1. The van der Waals surface area contributed by atoms with Gasteiger partial charge in [0.2, 0.25) is 0 Å². The first-order valence-corrected chi connectivity index (χ1v) is 9.36. The first-order chi connectivity index (χ1) is 15.1. The number of fused-ring (bicyclic) bond motifs is 1. The second kappa shape index (κ2) is 8.58. The summed E-state index contributed by atoms with van der Waals surface area (Å²) in [5, 5.41) is 3.10. The van der Waals surface area contributed by atoms with E-state index in [1.54, 1.807) is 60.9 Å². The number of hydrogen-bond donors (Lipinski definition) is 2. The smallest absolute Gasteiger partial charge is 0.272 e. The summed E-state index contributed by atoms with van der Waals surface area (Å²) in [6, 6.07) is 14.9. The number of aromatic amines is 1. The number of carbonyl (C=O) groups is 1. The molecule has 31 heavy (non-hydrogen) atoms. The highest BCUT2D eigenvalue weighted by Crippen LogP contribution is 2.28. The molecule has 4 aromatic rings. The van der Waals surface area contributed by atoms with E-state index in [0.717, 1.165) is 0 Å². The van der Waals surface area contributed by atoms with E-state index in [-0.39, 0.29) is 11.1 Å². The Labute approximate surface area is 177 Å². The van der Waals surface area contributed by atoms with Crippen LogP contribution in [0.4, 0.5) is 5.69 Å². The average Bonchev–Trinajstić information content (AvgIpc) is 2.80. The highest BCUT2D eigenvalue weighted by Gasteiger charge is 2.14. The van der Waals surface area contributed by atoms with Crippen LogP contribution < -0.4 is 25.0 Å². The fraction of sp³-hybridized carbons (Fsp3) is 0.0870. The predicted molar refractivity (Wildman–Crippen MR) is 116 cm³/mol. The lowest BCUT2D eigenvalue weighted by molar-refractivity contribution is 0.102. The lowest BCUT2D eigenvalue weighted by Gasteiger charge is -2.11. The standard InChI is InChI=1S/C23H19N3O5/c1-29-17-10-18-22(21(11-17)30-2)20(27)12-19(26-18)23(28)25-14-5-7-15(8-6-14)31-16-4-3-9-24-13-16/h3-13H,1-2H3,(H,25,28)(H,26,27). The quantitative estimate of drug-likeness (QED) is 0.492. The highest BCUT2D eigenvalue weighted by atomic mass is 16.5. The van der Waals surface area contributed by atoms with Gasteiger partial charge in [0.25, 0.3) is 5.91 Å². The Bertz CT molecular complexity index is 1280. The van der Waals surface area contributed by atoms with Crippen molar-refractivity contribution in [2.24, 2.45) is 0 Å². The van der Waals surface area contributed by atoms with Gasteiger partial charge in [0.05, 0.1) is 31.3 Å². The summed E-state index contributed by atoms with van der Waals surface area (Å²) in [5.74, 6) is 1.62. The largest absolute Gasteiger partial charge is 0.497 e. The molecule has 156 valence electrons. The maximum atomic E-state index is 12.7. The van der Waals surface area contributed by atoms with Crippen molar-refractivity contribution in [3.63, 3.8) is 0 Å². The molecule has 2 heterocycles. The van der Waals surface area contributed by atoms with Crippen LogP contribution in [-0.2, 0) is 0 Å². The third kappa shape index (κ3) is 4.32. The van der Waals surface area contributed by atoms with E-state index < -0.39 is 5.91 Å². The third-order valence-electron chi connectivity index (χ3n) is 4.55. The van der Waals surface area contributed by atoms with Gasteiger partial charge in [-0.05, 0) is 36.4 Å². The summed E-state index contributed by atoms with van der Waals surface area (Å²) < 4.78 is 16.2. The maximum Gasteiger partial charge on any atom is 0.272 e. The molecule has 2 aromatic carbocycles. The number of methoxy groups -OCH3 is 2. The van der Waals surface area contributed by atoms with Gasteiger partial charge in [0, 0.05) is 30.1 Å². The van der Waals surface area contributed by atoms with Crippen LogP contribution in [-0.4, -0.2) is 30.1 Å². The van der Waals surface area contributed by atoms with Crippen molar-refractivity contribution in [3.05, 3.63) is 82.9 Å². The number of nitrogens with one attached hydrogen (secondary N) is 2. The Morgan fingerprint density at radius 3 is 2.45 bits per heavy atom. The molecule has 4 rings (SSSR count). The lowest BCUT2D eigenvalue weighted by atomic mass is 10.1. The second-order valence-electron chi connectivity index (χ2n) is 6.57. The molecule has 0 aliphatic heterocycles. The van der Waals surface area contributed by atoms with Crippen LogP contribution in [0.2, 0.25) is 0 Å². The number of nitrogens with zero attached hydrogens (tertiary/aromatic N) is 1. The molecular weight excluding hydrogens is 398 g/mol. The Balaban J connectivity index is 1.56. The van der Waals surface area contributed by atoms with Crippen molar-refractivity contribution >= 4 is 22.5 Å². The number of rotatable bonds is 6. The zero-order valence-electron chi connectivity index (χ0n) is 16.8. The molecule has 8 nitrogen and oxygen atoms in total. The number of pyridine rings is 2. The number of amides is 1. The van der Waals surface area contributed by atoms with Crippen LogP contribution in [0.3, 0.4) is 0 Å². The number of anilines is 1. The summed E-state index contributed by atoms with van der Waals surface area (Å²) in [4.78, 5) is 32.3. The van der Waals surface area contributed by atoms with E-state index >= 15 is 0 Å². The minimum Gasteiger partial charge on any atom is -0.497 e. The van der Waals surface area contributed by atoms with Gasteiger partial charge in [-0.3, -0.25) is 14.6 Å². The molecule has 0 unspecified atom stereocenters. The van der Waals surface area contributed by atoms with E-state index in [9.17, 15) is 9.59 Å². The summed E-state index contributed by atoms with van der Waals surface area (Å²) in [6.45, 7) is 0. The minimum absolute atomic E-state index is 0.114. The predicted octanol–water partition coefficient (Wildman–Crippen LogP) is 3.98. The van der Waals surface area contributed by atoms with E-state index in [4.69, 9.17) is 14.2 Å². The van der Waals surface area contributed by atoms with E-state index in [1.165, 1.54) is 20.3 Å². The normalized spacial score (nSPS) is 10.5. The second-order valence-corrected chi connectivity index (χ2v) is 6.57. The molecule has 2 N–H and O–H groups in total. The van der Waals surface area contributed by atoms with Gasteiger partial charge in [-0.25, -0.2) is 0 Å². The van der Waals surface area contributed by atoms with E-state index in [2.05, 4.69) is 15.3 Å². The molecule has 1 amide bonds. The molecule has 0 saturated heterocycles. The van der Waals surface area contributed by atoms with E-state index in [1.807, 2.05) is 0 Å². The molecular formula is C23H19N3O5. The lowest BCUT2D eigenvalue weighted by Crippen LogP contribution is -2.17. The van der Waals surface area contributed by atoms with Crippen molar-refractivity contribution in [1.82, 2.24) is 9.97 Å². The van der Waals surface area contributed by atoms with Crippen molar-refractivity contribution in [2.75, 3.05) is 19.5 Å². The minimum atomic E-state index is -0.457. The molecule has 2 aromatic heterocycles. The first-order valence-electron chi connectivity index (χ1n) is 9.36. The fourth-order valence-corrected chi connectivity index (χ4v) is 3.08. The van der Waals surface area contributed by atoms with Crippen molar-refractivity contribution in [1.29, 1.82) is 0 Å². The van der Waals surface area contributed by atoms with Crippen molar-refractivity contribution < 1.29 is 19.0 Å².